The summed E-state index contributed by atoms with van der Waals surface area (Å²) in [6.07, 6.45) is 2.48. The third kappa shape index (κ3) is 2.16. The number of hydrazine groups is 1. The molecule has 0 atom stereocenters. The molecule has 68 valence electrons. The van der Waals surface area contributed by atoms with E-state index in [9.17, 15) is 4.79 Å². The third-order valence-electron chi connectivity index (χ3n) is 1.73. The van der Waals surface area contributed by atoms with Crippen molar-refractivity contribution in [3.05, 3.63) is 42.6 Å². The van der Waals surface area contributed by atoms with Crippen LogP contribution in [0.15, 0.2) is 37.0 Å². The van der Waals surface area contributed by atoms with Crippen LogP contribution in [0, 0.1) is 0 Å². The normalized spacial score (nSPS) is 9.31. The van der Waals surface area contributed by atoms with Gasteiger partial charge in [0.2, 0.25) is 0 Å². The van der Waals surface area contributed by atoms with E-state index < -0.39 is 0 Å². The van der Waals surface area contributed by atoms with Gasteiger partial charge in [-0.05, 0) is 24.3 Å². The summed E-state index contributed by atoms with van der Waals surface area (Å²) in [4.78, 5) is 10.4. The lowest BCUT2D eigenvalue weighted by molar-refractivity contribution is 0.112. The number of anilines is 1. The van der Waals surface area contributed by atoms with Crippen molar-refractivity contribution < 1.29 is 4.79 Å². The minimum Gasteiger partial charge on any atom is -0.298 e. The number of nitrogens with one attached hydrogen (secondary N) is 1. The Bertz CT molecular complexity index is 292. The molecule has 0 aliphatic rings. The van der Waals surface area contributed by atoms with Crippen LogP contribution < -0.4 is 10.4 Å². The molecule has 3 heteroatoms. The van der Waals surface area contributed by atoms with Crippen molar-refractivity contribution in [2.75, 3.05) is 12.1 Å². The highest BCUT2D eigenvalue weighted by atomic mass is 16.1. The maximum absolute atomic E-state index is 10.4. The molecule has 0 aromatic heterocycles. The summed E-state index contributed by atoms with van der Waals surface area (Å²) in [6.45, 7) is 3.64. The number of benzene rings is 1. The molecule has 0 aliphatic heterocycles. The predicted octanol–water partition coefficient (Wildman–Crippen LogP) is 1.58. The van der Waals surface area contributed by atoms with Crippen LogP contribution in [-0.2, 0) is 0 Å². The summed E-state index contributed by atoms with van der Waals surface area (Å²) in [7, 11) is 1.80. The van der Waals surface area contributed by atoms with E-state index in [1.807, 2.05) is 12.1 Å². The number of rotatable bonds is 4. The highest BCUT2D eigenvalue weighted by molar-refractivity contribution is 5.75. The number of carbonyl (C=O) groups is 1. The molecule has 0 radical (unpaired) electrons. The van der Waals surface area contributed by atoms with E-state index in [-0.39, 0.29) is 0 Å². The molecule has 1 rings (SSSR count). The van der Waals surface area contributed by atoms with Crippen molar-refractivity contribution in [3.8, 4) is 0 Å². The number of hydrogen-bond donors (Lipinski definition) is 1. The summed E-state index contributed by atoms with van der Waals surface area (Å²) in [5, 5.41) is 1.76. The van der Waals surface area contributed by atoms with E-state index in [1.54, 1.807) is 30.4 Å². The second-order valence-electron chi connectivity index (χ2n) is 2.49. The quantitative estimate of drug-likeness (QED) is 0.558. The standard InChI is InChI=1S/C10H12N2O/c1-3-12(11-2)10-6-4-9(8-13)5-7-10/h3-8,11H,1H2,2H3. The van der Waals surface area contributed by atoms with Crippen molar-refractivity contribution >= 4 is 12.0 Å². The van der Waals surface area contributed by atoms with Crippen LogP contribution in [0.2, 0.25) is 0 Å². The topological polar surface area (TPSA) is 32.3 Å². The van der Waals surface area contributed by atoms with Gasteiger partial charge >= 0.3 is 0 Å². The van der Waals surface area contributed by atoms with Crippen molar-refractivity contribution in [2.45, 2.75) is 0 Å². The van der Waals surface area contributed by atoms with Gasteiger partial charge < -0.3 is 0 Å². The van der Waals surface area contributed by atoms with E-state index in [0.29, 0.717) is 5.56 Å². The van der Waals surface area contributed by atoms with Crippen LogP contribution in [0.5, 0.6) is 0 Å². The summed E-state index contributed by atoms with van der Waals surface area (Å²) >= 11 is 0. The molecular formula is C10H12N2O. The lowest BCUT2D eigenvalue weighted by Crippen LogP contribution is -2.28. The molecule has 13 heavy (non-hydrogen) atoms. The Kier molecular flexibility index (Phi) is 3.23. The molecule has 0 unspecified atom stereocenters. The van der Waals surface area contributed by atoms with Crippen molar-refractivity contribution in [2.24, 2.45) is 0 Å². The van der Waals surface area contributed by atoms with Crippen LogP contribution in [0.4, 0.5) is 5.69 Å². The SMILES string of the molecule is C=CN(NC)c1ccc(C=O)cc1. The van der Waals surface area contributed by atoms with Crippen molar-refractivity contribution in [1.82, 2.24) is 5.43 Å². The van der Waals surface area contributed by atoms with Gasteiger partial charge in [-0.3, -0.25) is 9.80 Å². The van der Waals surface area contributed by atoms with E-state index in [0.717, 1.165) is 12.0 Å². The molecule has 0 saturated carbocycles. The Balaban J connectivity index is 2.89. The Morgan fingerprint density at radius 3 is 2.38 bits per heavy atom. The summed E-state index contributed by atoms with van der Waals surface area (Å²) in [6, 6.07) is 7.22. The van der Waals surface area contributed by atoms with E-state index >= 15 is 0 Å². The third-order valence-corrected chi connectivity index (χ3v) is 1.73. The molecule has 1 aromatic carbocycles. The average Bonchev–Trinajstić information content (AvgIpc) is 2.21. The van der Waals surface area contributed by atoms with E-state index in [2.05, 4.69) is 12.0 Å². The summed E-state index contributed by atoms with van der Waals surface area (Å²) in [5.41, 5.74) is 4.55. The van der Waals surface area contributed by atoms with E-state index in [1.165, 1.54) is 0 Å². The highest BCUT2D eigenvalue weighted by Gasteiger charge is 1.98. The number of nitrogens with zero attached hydrogens (tertiary/aromatic N) is 1. The fraction of sp³-hybridized carbons (Fsp3) is 0.100. The van der Waals surface area contributed by atoms with E-state index in [4.69, 9.17) is 0 Å². The molecular weight excluding hydrogens is 164 g/mol. The second-order valence-corrected chi connectivity index (χ2v) is 2.49. The lowest BCUT2D eigenvalue weighted by Gasteiger charge is -2.17. The number of hydrogen-bond acceptors (Lipinski definition) is 3. The van der Waals surface area contributed by atoms with Gasteiger partial charge in [0.1, 0.15) is 6.29 Å². The van der Waals surface area contributed by atoms with Gasteiger partial charge in [-0.15, -0.1) is 0 Å². The fourth-order valence-electron chi connectivity index (χ4n) is 1.04. The van der Waals surface area contributed by atoms with Gasteiger partial charge in [-0.1, -0.05) is 6.58 Å². The maximum Gasteiger partial charge on any atom is 0.150 e. The zero-order chi connectivity index (χ0) is 9.68. The smallest absolute Gasteiger partial charge is 0.150 e. The Morgan fingerprint density at radius 2 is 2.00 bits per heavy atom. The molecule has 1 aromatic rings. The molecule has 0 amide bonds. The zero-order valence-electron chi connectivity index (χ0n) is 7.53. The Hall–Kier alpha value is -1.61. The largest absolute Gasteiger partial charge is 0.298 e. The van der Waals surface area contributed by atoms with Crippen LogP contribution in [-0.4, -0.2) is 13.3 Å². The molecule has 3 nitrogen and oxygen atoms in total. The van der Waals surface area contributed by atoms with Crippen LogP contribution in [0.25, 0.3) is 0 Å². The Morgan fingerprint density at radius 1 is 1.38 bits per heavy atom. The second kappa shape index (κ2) is 4.42. The molecule has 0 bridgehead atoms. The van der Waals surface area contributed by atoms with Crippen molar-refractivity contribution in [3.63, 3.8) is 0 Å². The number of aldehydes is 1. The van der Waals surface area contributed by atoms with Gasteiger partial charge in [-0.25, -0.2) is 5.43 Å². The summed E-state index contributed by atoms with van der Waals surface area (Å²) < 4.78 is 0. The minimum atomic E-state index is 0.670. The maximum atomic E-state index is 10.4. The molecule has 0 heterocycles. The zero-order valence-corrected chi connectivity index (χ0v) is 7.53. The first kappa shape index (κ1) is 9.48. The van der Waals surface area contributed by atoms with Crippen LogP contribution >= 0.6 is 0 Å². The molecule has 0 aliphatic carbocycles. The fourth-order valence-corrected chi connectivity index (χ4v) is 1.04. The monoisotopic (exact) mass is 176 g/mol. The van der Waals surface area contributed by atoms with Crippen molar-refractivity contribution in [1.29, 1.82) is 0 Å². The predicted molar refractivity (Wildman–Crippen MR) is 53.6 cm³/mol. The first-order chi connectivity index (χ1) is 6.31. The lowest BCUT2D eigenvalue weighted by atomic mass is 10.2. The highest BCUT2D eigenvalue weighted by Crippen LogP contribution is 2.12. The number of carbonyl (C=O) groups excluding carboxylic acids is 1. The summed E-state index contributed by atoms with van der Waals surface area (Å²) in [5.74, 6) is 0. The van der Waals surface area contributed by atoms with Gasteiger partial charge in [0.25, 0.3) is 0 Å². The Labute approximate surface area is 77.6 Å². The van der Waals surface area contributed by atoms with Gasteiger partial charge in [0, 0.05) is 18.8 Å². The first-order valence-electron chi connectivity index (χ1n) is 3.96. The molecule has 0 fully saturated rings. The molecule has 0 spiro atoms. The first-order valence-corrected chi connectivity index (χ1v) is 3.96. The average molecular weight is 176 g/mol. The van der Waals surface area contributed by atoms with Gasteiger partial charge in [0.05, 0.1) is 5.69 Å². The van der Waals surface area contributed by atoms with Gasteiger partial charge in [0.15, 0.2) is 0 Å². The van der Waals surface area contributed by atoms with Crippen LogP contribution in [0.1, 0.15) is 10.4 Å². The van der Waals surface area contributed by atoms with Gasteiger partial charge in [-0.2, -0.15) is 0 Å². The molecule has 0 saturated heterocycles. The molecule has 1 N–H and O–H groups in total. The van der Waals surface area contributed by atoms with Crippen LogP contribution in [0.3, 0.4) is 0 Å². The minimum absolute atomic E-state index is 0.670.